The number of aliphatic hydroxyl groups is 2. The molecular weight excluding hydrogens is 504 g/mol. The Bertz CT molecular complexity index is 1270. The van der Waals surface area contributed by atoms with E-state index in [1.54, 1.807) is 0 Å². The van der Waals surface area contributed by atoms with Gasteiger partial charge in [0.05, 0.1) is 13.2 Å². The average molecular weight is 530 g/mol. The normalized spacial score (nSPS) is 23.3. The van der Waals surface area contributed by atoms with E-state index in [2.05, 4.69) is 0 Å². The maximum atomic E-state index is 12.7. The van der Waals surface area contributed by atoms with E-state index in [1.807, 2.05) is 0 Å². The van der Waals surface area contributed by atoms with Crippen molar-refractivity contribution in [2.45, 2.75) is 36.8 Å². The zero-order valence-corrected chi connectivity index (χ0v) is 20.1. The van der Waals surface area contributed by atoms with Gasteiger partial charge in [-0.05, 0) is 47.5 Å². The lowest BCUT2D eigenvalue weighted by Gasteiger charge is -2.41. The Morgan fingerprint density at radius 1 is 0.816 bits per heavy atom. The number of hydrogen-bond donors (Lipinski definition) is 6. The summed E-state index contributed by atoms with van der Waals surface area (Å²) in [6.45, 7) is 0. The minimum Gasteiger partial charge on any atom is -0.504 e. The molecule has 1 saturated carbocycles. The van der Waals surface area contributed by atoms with Crippen LogP contribution in [0, 0.1) is 0 Å². The van der Waals surface area contributed by atoms with E-state index in [0.717, 1.165) is 19.3 Å². The Hall–Kier alpha value is -4.55. The molecule has 1 aliphatic carbocycles. The molecular formula is C26H26O12. The Labute approximate surface area is 216 Å². The SMILES string of the molecule is COC(=O)[C@]1(OC(=O)/C=C/c2ccc(O)c(O)c2)C[C@@H](O)[C@@H](O)[C@H](OC(=O)/C=C/c2ccc(O)c(O)c2)C1. The number of aliphatic hydroxyl groups excluding tert-OH is 2. The van der Waals surface area contributed by atoms with Gasteiger partial charge >= 0.3 is 17.9 Å². The molecule has 1 aliphatic rings. The minimum absolute atomic E-state index is 0.323. The third-order valence-corrected chi connectivity index (χ3v) is 5.79. The number of carbonyl (C=O) groups is 3. The number of aromatic hydroxyl groups is 4. The molecule has 38 heavy (non-hydrogen) atoms. The largest absolute Gasteiger partial charge is 0.504 e. The Morgan fingerprint density at radius 2 is 1.34 bits per heavy atom. The Morgan fingerprint density at radius 3 is 1.84 bits per heavy atom. The first-order valence-electron chi connectivity index (χ1n) is 11.2. The molecule has 0 amide bonds. The lowest BCUT2D eigenvalue weighted by Crippen LogP contribution is -2.59. The van der Waals surface area contributed by atoms with Gasteiger partial charge in [-0.2, -0.15) is 0 Å². The number of methoxy groups -OCH3 is 1. The van der Waals surface area contributed by atoms with Crippen molar-refractivity contribution in [2.75, 3.05) is 7.11 Å². The predicted octanol–water partition coefficient (Wildman–Crippen LogP) is 1.12. The van der Waals surface area contributed by atoms with Crippen LogP contribution in [0.15, 0.2) is 48.6 Å². The highest BCUT2D eigenvalue weighted by Gasteiger charge is 2.54. The quantitative estimate of drug-likeness (QED) is 0.129. The van der Waals surface area contributed by atoms with Crippen LogP contribution >= 0.6 is 0 Å². The lowest BCUT2D eigenvalue weighted by molar-refractivity contribution is -0.208. The van der Waals surface area contributed by atoms with Gasteiger partial charge in [-0.15, -0.1) is 0 Å². The maximum Gasteiger partial charge on any atom is 0.350 e. The number of phenolic OH excluding ortho intramolecular Hbond substituents is 4. The van der Waals surface area contributed by atoms with Crippen LogP contribution in [-0.4, -0.2) is 79.6 Å². The summed E-state index contributed by atoms with van der Waals surface area (Å²) in [6.07, 6.45) is -1.41. The van der Waals surface area contributed by atoms with Crippen molar-refractivity contribution >= 4 is 30.1 Å². The van der Waals surface area contributed by atoms with Crippen LogP contribution in [0.25, 0.3) is 12.2 Å². The number of hydrogen-bond acceptors (Lipinski definition) is 12. The lowest BCUT2D eigenvalue weighted by atomic mass is 9.79. The third kappa shape index (κ3) is 6.60. The van der Waals surface area contributed by atoms with Crippen molar-refractivity contribution in [3.63, 3.8) is 0 Å². The second-order valence-corrected chi connectivity index (χ2v) is 8.51. The van der Waals surface area contributed by atoms with Crippen molar-refractivity contribution in [2.24, 2.45) is 0 Å². The van der Waals surface area contributed by atoms with E-state index >= 15 is 0 Å². The number of benzene rings is 2. The van der Waals surface area contributed by atoms with E-state index < -0.39 is 66.2 Å². The fraction of sp³-hybridized carbons (Fsp3) is 0.269. The van der Waals surface area contributed by atoms with Crippen LogP contribution in [0.5, 0.6) is 23.0 Å². The first-order valence-corrected chi connectivity index (χ1v) is 11.2. The predicted molar refractivity (Wildman–Crippen MR) is 130 cm³/mol. The molecule has 0 radical (unpaired) electrons. The standard InChI is InChI=1S/C26H26O12/c1-36-25(35)26(38-23(33)9-5-15-3-7-17(28)19(30)11-15)12-20(31)24(34)21(13-26)37-22(32)8-4-14-2-6-16(27)18(29)10-14/h2-11,20-21,24,27-31,34H,12-13H2,1H3/b8-4+,9-5+/t20-,21-,24-,26+/m1/s1. The molecule has 2 aromatic rings. The first-order chi connectivity index (χ1) is 17.9. The summed E-state index contributed by atoms with van der Waals surface area (Å²) >= 11 is 0. The van der Waals surface area contributed by atoms with Gasteiger partial charge in [-0.1, -0.05) is 12.1 Å². The first kappa shape index (κ1) is 28.0. The van der Waals surface area contributed by atoms with Gasteiger partial charge < -0.3 is 44.8 Å². The van der Waals surface area contributed by atoms with Gasteiger partial charge in [0.15, 0.2) is 23.0 Å². The molecule has 0 aliphatic heterocycles. The van der Waals surface area contributed by atoms with E-state index in [9.17, 15) is 45.0 Å². The van der Waals surface area contributed by atoms with Crippen molar-refractivity contribution < 1.29 is 59.2 Å². The maximum absolute atomic E-state index is 12.7. The Kier molecular flexibility index (Phi) is 8.61. The second-order valence-electron chi connectivity index (χ2n) is 8.51. The van der Waals surface area contributed by atoms with Crippen LogP contribution in [0.2, 0.25) is 0 Å². The van der Waals surface area contributed by atoms with Gasteiger partial charge in [0.2, 0.25) is 5.60 Å². The van der Waals surface area contributed by atoms with Crippen molar-refractivity contribution in [1.29, 1.82) is 0 Å². The van der Waals surface area contributed by atoms with E-state index in [0.29, 0.717) is 11.1 Å². The summed E-state index contributed by atoms with van der Waals surface area (Å²) in [7, 11) is 1.03. The fourth-order valence-corrected chi connectivity index (χ4v) is 3.86. The highest BCUT2D eigenvalue weighted by molar-refractivity contribution is 5.91. The third-order valence-electron chi connectivity index (χ3n) is 5.79. The van der Waals surface area contributed by atoms with Crippen molar-refractivity contribution in [3.05, 3.63) is 59.7 Å². The van der Waals surface area contributed by atoms with Gasteiger partial charge in [-0.3, -0.25) is 0 Å². The van der Waals surface area contributed by atoms with E-state index in [4.69, 9.17) is 14.2 Å². The molecule has 1 fully saturated rings. The molecule has 12 heteroatoms. The van der Waals surface area contributed by atoms with Gasteiger partial charge in [-0.25, -0.2) is 14.4 Å². The molecule has 12 nitrogen and oxygen atoms in total. The van der Waals surface area contributed by atoms with Crippen molar-refractivity contribution in [1.82, 2.24) is 0 Å². The van der Waals surface area contributed by atoms with Crippen LogP contribution in [0.4, 0.5) is 0 Å². The monoisotopic (exact) mass is 530 g/mol. The van der Waals surface area contributed by atoms with E-state index in [1.165, 1.54) is 48.6 Å². The number of carbonyl (C=O) groups excluding carboxylic acids is 3. The molecule has 0 heterocycles. The zero-order chi connectivity index (χ0) is 28.0. The molecule has 6 N–H and O–H groups in total. The smallest absolute Gasteiger partial charge is 0.350 e. The molecule has 0 bridgehead atoms. The van der Waals surface area contributed by atoms with Gasteiger partial charge in [0, 0.05) is 25.0 Å². The molecule has 0 unspecified atom stereocenters. The molecule has 2 aromatic carbocycles. The Balaban J connectivity index is 1.76. The molecule has 0 saturated heterocycles. The minimum atomic E-state index is -2.11. The van der Waals surface area contributed by atoms with Crippen molar-refractivity contribution in [3.8, 4) is 23.0 Å². The van der Waals surface area contributed by atoms with Gasteiger partial charge in [0.25, 0.3) is 0 Å². The second kappa shape index (κ2) is 11.7. The average Bonchev–Trinajstić information content (AvgIpc) is 2.87. The topological polar surface area (TPSA) is 200 Å². The summed E-state index contributed by atoms with van der Waals surface area (Å²) in [4.78, 5) is 37.6. The summed E-state index contributed by atoms with van der Waals surface area (Å²) in [5.41, 5.74) is -1.44. The summed E-state index contributed by atoms with van der Waals surface area (Å²) < 4.78 is 15.3. The highest BCUT2D eigenvalue weighted by Crippen LogP contribution is 2.36. The molecule has 202 valence electrons. The number of rotatable bonds is 7. The molecule has 0 spiro atoms. The number of esters is 3. The summed E-state index contributed by atoms with van der Waals surface area (Å²) in [5, 5.41) is 58.7. The summed E-state index contributed by atoms with van der Waals surface area (Å²) in [6, 6.07) is 7.59. The molecule has 3 rings (SSSR count). The van der Waals surface area contributed by atoms with Gasteiger partial charge in [0.1, 0.15) is 12.2 Å². The van der Waals surface area contributed by atoms with E-state index in [-0.39, 0.29) is 11.5 Å². The highest BCUT2D eigenvalue weighted by atomic mass is 16.6. The molecule has 0 aromatic heterocycles. The summed E-state index contributed by atoms with van der Waals surface area (Å²) in [5.74, 6) is -4.61. The fourth-order valence-electron chi connectivity index (χ4n) is 3.86. The molecule has 4 atom stereocenters. The van der Waals surface area contributed by atoms with Crippen LogP contribution in [-0.2, 0) is 28.6 Å². The van der Waals surface area contributed by atoms with Crippen LogP contribution < -0.4 is 0 Å². The van der Waals surface area contributed by atoms with Crippen LogP contribution in [0.1, 0.15) is 24.0 Å². The number of ether oxygens (including phenoxy) is 3. The number of phenols is 4. The van der Waals surface area contributed by atoms with Crippen LogP contribution in [0.3, 0.4) is 0 Å². The zero-order valence-electron chi connectivity index (χ0n) is 20.1.